The summed E-state index contributed by atoms with van der Waals surface area (Å²) in [5.41, 5.74) is 4.97. The molecular weight excluding hydrogens is 366 g/mol. The summed E-state index contributed by atoms with van der Waals surface area (Å²) in [6, 6.07) is 11.8. The largest absolute Gasteiger partial charge is 0.496 e. The minimum Gasteiger partial charge on any atom is -0.496 e. The Morgan fingerprint density at radius 3 is 2.28 bits per heavy atom. The Bertz CT molecular complexity index is 859. The molecule has 0 unspecified atom stereocenters. The number of likely N-dealkylation sites (N-methyl/N-ethyl adjacent to an activating group) is 2. The number of hydrogen-bond donors (Lipinski definition) is 1. The molecule has 0 heterocycles. The van der Waals surface area contributed by atoms with E-state index in [4.69, 9.17) is 4.74 Å². The van der Waals surface area contributed by atoms with Crippen LogP contribution in [0, 0.1) is 20.8 Å². The first-order chi connectivity index (χ1) is 13.7. The highest BCUT2D eigenvalue weighted by Gasteiger charge is 2.17. The second kappa shape index (κ2) is 10.1. The molecule has 2 aromatic carbocycles. The molecule has 0 saturated carbocycles. The van der Waals surface area contributed by atoms with Gasteiger partial charge in [0.15, 0.2) is 0 Å². The summed E-state index contributed by atoms with van der Waals surface area (Å²) in [7, 11) is 5.17. The van der Waals surface area contributed by atoms with E-state index in [1.807, 2.05) is 63.1 Å². The van der Waals surface area contributed by atoms with Crippen molar-refractivity contribution in [1.29, 1.82) is 0 Å². The molecule has 156 valence electrons. The van der Waals surface area contributed by atoms with Gasteiger partial charge >= 0.3 is 0 Å². The summed E-state index contributed by atoms with van der Waals surface area (Å²) in [4.78, 5) is 28.3. The maximum absolute atomic E-state index is 12.6. The van der Waals surface area contributed by atoms with Crippen LogP contribution in [-0.4, -0.2) is 55.9 Å². The third-order valence-electron chi connectivity index (χ3n) is 4.83. The van der Waals surface area contributed by atoms with Crippen LogP contribution in [0.2, 0.25) is 0 Å². The number of nitrogens with zero attached hydrogens (tertiary/aromatic N) is 2. The number of hydrogen-bond acceptors (Lipinski definition) is 4. The molecule has 2 rings (SSSR count). The van der Waals surface area contributed by atoms with Crippen LogP contribution in [0.5, 0.6) is 5.75 Å². The molecule has 6 nitrogen and oxygen atoms in total. The highest BCUT2D eigenvalue weighted by molar-refractivity contribution is 5.95. The number of methoxy groups -OCH3 is 1. The Morgan fingerprint density at radius 1 is 1.00 bits per heavy atom. The van der Waals surface area contributed by atoms with Crippen LogP contribution in [-0.2, 0) is 16.1 Å². The highest BCUT2D eigenvalue weighted by atomic mass is 16.5. The van der Waals surface area contributed by atoms with E-state index in [9.17, 15) is 9.59 Å². The number of ether oxygens (including phenoxy) is 1. The molecule has 29 heavy (non-hydrogen) atoms. The normalized spacial score (nSPS) is 10.7. The van der Waals surface area contributed by atoms with Crippen molar-refractivity contribution in [3.63, 3.8) is 0 Å². The molecule has 2 aromatic rings. The first-order valence-corrected chi connectivity index (χ1v) is 9.63. The van der Waals surface area contributed by atoms with Gasteiger partial charge in [0, 0.05) is 24.8 Å². The summed E-state index contributed by atoms with van der Waals surface area (Å²) >= 11 is 0. The lowest BCUT2D eigenvalue weighted by Crippen LogP contribution is -2.40. The van der Waals surface area contributed by atoms with E-state index in [2.05, 4.69) is 11.4 Å². The van der Waals surface area contributed by atoms with Gasteiger partial charge in [0.05, 0.1) is 20.2 Å². The lowest BCUT2D eigenvalue weighted by atomic mass is 10.1. The van der Waals surface area contributed by atoms with Gasteiger partial charge in [-0.25, -0.2) is 0 Å². The van der Waals surface area contributed by atoms with Crippen molar-refractivity contribution >= 4 is 17.5 Å². The second-order valence-electron chi connectivity index (χ2n) is 7.55. The summed E-state index contributed by atoms with van der Waals surface area (Å²) in [6.45, 7) is 6.73. The third-order valence-corrected chi connectivity index (χ3v) is 4.83. The monoisotopic (exact) mass is 397 g/mol. The predicted molar refractivity (Wildman–Crippen MR) is 116 cm³/mol. The molecule has 0 aromatic heterocycles. The van der Waals surface area contributed by atoms with Crippen LogP contribution in [0.25, 0.3) is 0 Å². The molecule has 0 aliphatic heterocycles. The standard InChI is InChI=1S/C23H31N3O3/c1-16-10-11-20(29-6)19(12-16)13-25(4)15-22(28)26(5)14-21(27)24-23-17(2)8-7-9-18(23)3/h7-12H,13-15H2,1-6H3,(H,24,27). The van der Waals surface area contributed by atoms with E-state index < -0.39 is 0 Å². The Hall–Kier alpha value is -2.86. The number of anilines is 1. The number of para-hydroxylation sites is 1. The average molecular weight is 398 g/mol. The molecule has 0 atom stereocenters. The van der Waals surface area contributed by atoms with Crippen LogP contribution in [0.1, 0.15) is 22.3 Å². The zero-order chi connectivity index (χ0) is 21.6. The quantitative estimate of drug-likeness (QED) is 0.743. The molecule has 0 fully saturated rings. The van der Waals surface area contributed by atoms with E-state index >= 15 is 0 Å². The van der Waals surface area contributed by atoms with E-state index in [0.29, 0.717) is 6.54 Å². The molecule has 0 aliphatic carbocycles. The van der Waals surface area contributed by atoms with Crippen molar-refractivity contribution in [1.82, 2.24) is 9.80 Å². The van der Waals surface area contributed by atoms with Gasteiger partial charge in [0.25, 0.3) is 0 Å². The number of carbonyl (C=O) groups excluding carboxylic acids is 2. The molecule has 0 saturated heterocycles. The Balaban J connectivity index is 1.91. The van der Waals surface area contributed by atoms with Crippen LogP contribution in [0.4, 0.5) is 5.69 Å². The predicted octanol–water partition coefficient (Wildman–Crippen LogP) is 3.15. The fraction of sp³-hybridized carbons (Fsp3) is 0.391. The molecule has 0 spiro atoms. The highest BCUT2D eigenvalue weighted by Crippen LogP contribution is 2.21. The molecule has 0 bridgehead atoms. The first kappa shape index (κ1) is 22.4. The van der Waals surface area contributed by atoms with Gasteiger partial charge in [-0.15, -0.1) is 0 Å². The zero-order valence-electron chi connectivity index (χ0n) is 18.2. The molecule has 0 aliphatic rings. The Labute approximate surface area is 173 Å². The van der Waals surface area contributed by atoms with Crippen molar-refractivity contribution in [3.05, 3.63) is 58.7 Å². The third kappa shape index (κ3) is 6.32. The van der Waals surface area contributed by atoms with Crippen molar-refractivity contribution in [2.24, 2.45) is 0 Å². The summed E-state index contributed by atoms with van der Waals surface area (Å²) < 4.78 is 5.41. The van der Waals surface area contributed by atoms with Crippen LogP contribution < -0.4 is 10.1 Å². The number of carbonyl (C=O) groups is 2. The zero-order valence-corrected chi connectivity index (χ0v) is 18.2. The molecule has 2 amide bonds. The Kier molecular flexibility index (Phi) is 7.79. The van der Waals surface area contributed by atoms with Crippen LogP contribution >= 0.6 is 0 Å². The second-order valence-corrected chi connectivity index (χ2v) is 7.55. The van der Waals surface area contributed by atoms with Gasteiger partial charge in [0.1, 0.15) is 5.75 Å². The fourth-order valence-corrected chi connectivity index (χ4v) is 3.22. The molecule has 6 heteroatoms. The number of amides is 2. The van der Waals surface area contributed by atoms with Crippen LogP contribution in [0.3, 0.4) is 0 Å². The number of aryl methyl sites for hydroxylation is 3. The topological polar surface area (TPSA) is 61.9 Å². The van der Waals surface area contributed by atoms with Crippen molar-refractivity contribution in [3.8, 4) is 5.75 Å². The van der Waals surface area contributed by atoms with Gasteiger partial charge in [0.2, 0.25) is 11.8 Å². The van der Waals surface area contributed by atoms with Gasteiger partial charge in [-0.1, -0.05) is 35.9 Å². The number of nitrogens with one attached hydrogen (secondary N) is 1. The summed E-state index contributed by atoms with van der Waals surface area (Å²) in [6.07, 6.45) is 0. The maximum Gasteiger partial charge on any atom is 0.243 e. The molecule has 0 radical (unpaired) electrons. The Morgan fingerprint density at radius 2 is 1.66 bits per heavy atom. The van der Waals surface area contributed by atoms with Crippen molar-refractivity contribution in [2.75, 3.05) is 39.6 Å². The molecule has 1 N–H and O–H groups in total. The average Bonchev–Trinajstić information content (AvgIpc) is 2.65. The SMILES string of the molecule is COc1ccc(C)cc1CN(C)CC(=O)N(C)CC(=O)Nc1c(C)cccc1C. The van der Waals surface area contributed by atoms with Gasteiger partial charge in [-0.05, 0) is 45.0 Å². The maximum atomic E-state index is 12.6. The minimum absolute atomic E-state index is 0.00815. The summed E-state index contributed by atoms with van der Waals surface area (Å²) in [5, 5.41) is 2.92. The lowest BCUT2D eigenvalue weighted by molar-refractivity contribution is -0.134. The van der Waals surface area contributed by atoms with Crippen molar-refractivity contribution < 1.29 is 14.3 Å². The van der Waals surface area contributed by atoms with E-state index in [1.54, 1.807) is 14.2 Å². The van der Waals surface area contributed by atoms with Gasteiger partial charge < -0.3 is 15.0 Å². The summed E-state index contributed by atoms with van der Waals surface area (Å²) in [5.74, 6) is 0.480. The van der Waals surface area contributed by atoms with Crippen molar-refractivity contribution in [2.45, 2.75) is 27.3 Å². The lowest BCUT2D eigenvalue weighted by Gasteiger charge is -2.23. The minimum atomic E-state index is -0.207. The fourth-order valence-electron chi connectivity index (χ4n) is 3.22. The molecular formula is C23H31N3O3. The van der Waals surface area contributed by atoms with Gasteiger partial charge in [-0.3, -0.25) is 14.5 Å². The number of benzene rings is 2. The van der Waals surface area contributed by atoms with E-state index in [-0.39, 0.29) is 24.9 Å². The van der Waals surface area contributed by atoms with Gasteiger partial charge in [-0.2, -0.15) is 0 Å². The van der Waals surface area contributed by atoms with Crippen LogP contribution in [0.15, 0.2) is 36.4 Å². The number of rotatable bonds is 8. The smallest absolute Gasteiger partial charge is 0.243 e. The van der Waals surface area contributed by atoms with E-state index in [1.165, 1.54) is 4.90 Å². The van der Waals surface area contributed by atoms with E-state index in [0.717, 1.165) is 33.7 Å². The first-order valence-electron chi connectivity index (χ1n) is 9.63.